The van der Waals surface area contributed by atoms with Gasteiger partial charge in [-0.3, -0.25) is 0 Å². The monoisotopic (exact) mass is 244 g/mol. The molecule has 18 heavy (non-hydrogen) atoms. The molecule has 94 valence electrons. The fraction of sp³-hybridized carbons (Fsp3) is 0.286. The number of hydrogen-bond acceptors (Lipinski definition) is 2. The summed E-state index contributed by atoms with van der Waals surface area (Å²) in [7, 11) is 0. The van der Waals surface area contributed by atoms with E-state index in [1.165, 1.54) is 0 Å². The molecule has 0 amide bonds. The zero-order valence-electron chi connectivity index (χ0n) is 10.3. The van der Waals surface area contributed by atoms with Crippen molar-refractivity contribution in [1.82, 2.24) is 9.55 Å². The summed E-state index contributed by atoms with van der Waals surface area (Å²) in [5.41, 5.74) is 1.15. The molecule has 0 bridgehead atoms. The summed E-state index contributed by atoms with van der Waals surface area (Å²) in [6, 6.07) is 7.07. The van der Waals surface area contributed by atoms with Crippen LogP contribution in [0, 0.1) is 0 Å². The fourth-order valence-corrected chi connectivity index (χ4v) is 2.01. The Morgan fingerprint density at radius 3 is 2.89 bits per heavy atom. The number of aromatic carboxylic acids is 1. The van der Waals surface area contributed by atoms with Crippen molar-refractivity contribution >= 4 is 5.97 Å². The van der Waals surface area contributed by atoms with Gasteiger partial charge in [0.15, 0.2) is 0 Å². The van der Waals surface area contributed by atoms with Gasteiger partial charge in [0.1, 0.15) is 5.82 Å². The van der Waals surface area contributed by atoms with Gasteiger partial charge in [0.2, 0.25) is 0 Å². The van der Waals surface area contributed by atoms with Crippen LogP contribution in [0.15, 0.2) is 36.7 Å². The molecule has 4 nitrogen and oxygen atoms in total. The second kappa shape index (κ2) is 5.49. The molecule has 0 aliphatic carbocycles. The molecular formula is C14H16N2O2. The number of hydrogen-bond donors (Lipinski definition) is 1. The lowest BCUT2D eigenvalue weighted by Gasteiger charge is -2.08. The molecular weight excluding hydrogens is 228 g/mol. The van der Waals surface area contributed by atoms with Gasteiger partial charge in [0.25, 0.3) is 0 Å². The normalized spacial score (nSPS) is 10.5. The highest BCUT2D eigenvalue weighted by Crippen LogP contribution is 2.14. The van der Waals surface area contributed by atoms with E-state index in [-0.39, 0.29) is 0 Å². The number of rotatable bonds is 5. The molecule has 0 unspecified atom stereocenters. The van der Waals surface area contributed by atoms with Crippen molar-refractivity contribution in [2.75, 3.05) is 0 Å². The second-order valence-electron chi connectivity index (χ2n) is 4.18. The van der Waals surface area contributed by atoms with Gasteiger partial charge in [-0.25, -0.2) is 9.78 Å². The lowest BCUT2D eigenvalue weighted by atomic mass is 10.0. The molecule has 0 radical (unpaired) electrons. The molecule has 1 N–H and O–H groups in total. The number of carboxylic acids is 1. The highest BCUT2D eigenvalue weighted by atomic mass is 16.4. The van der Waals surface area contributed by atoms with E-state index in [4.69, 9.17) is 5.11 Å². The maximum atomic E-state index is 11.1. The summed E-state index contributed by atoms with van der Waals surface area (Å²) in [4.78, 5) is 15.4. The van der Waals surface area contributed by atoms with Crippen LogP contribution in [0.3, 0.4) is 0 Å². The number of aryl methyl sites for hydroxylation is 1. The first-order chi connectivity index (χ1) is 8.72. The third kappa shape index (κ3) is 2.59. The van der Waals surface area contributed by atoms with Crippen LogP contribution in [0.1, 0.15) is 35.1 Å². The van der Waals surface area contributed by atoms with Gasteiger partial charge < -0.3 is 9.67 Å². The number of nitrogens with zero attached hydrogens (tertiary/aromatic N) is 2. The lowest BCUT2D eigenvalue weighted by molar-refractivity contribution is 0.0696. The zero-order chi connectivity index (χ0) is 13.0. The Labute approximate surface area is 106 Å². The Balaban J connectivity index is 2.28. The molecule has 1 heterocycles. The van der Waals surface area contributed by atoms with E-state index in [0.29, 0.717) is 12.0 Å². The third-order valence-corrected chi connectivity index (χ3v) is 2.86. The van der Waals surface area contributed by atoms with E-state index >= 15 is 0 Å². The Morgan fingerprint density at radius 2 is 2.17 bits per heavy atom. The van der Waals surface area contributed by atoms with Gasteiger partial charge in [-0.2, -0.15) is 0 Å². The summed E-state index contributed by atoms with van der Waals surface area (Å²) in [6.45, 7) is 3.01. The molecule has 1 aromatic carbocycles. The molecule has 1 aromatic heterocycles. The highest BCUT2D eigenvalue weighted by Gasteiger charge is 2.11. The van der Waals surface area contributed by atoms with Gasteiger partial charge in [0.05, 0.1) is 5.56 Å². The Hall–Kier alpha value is -2.10. The Morgan fingerprint density at radius 1 is 1.39 bits per heavy atom. The molecule has 0 aliphatic heterocycles. The Bertz CT molecular complexity index is 546. The predicted octanol–water partition coefficient (Wildman–Crippen LogP) is 2.58. The minimum atomic E-state index is -0.890. The largest absolute Gasteiger partial charge is 0.478 e. The number of benzene rings is 1. The maximum Gasteiger partial charge on any atom is 0.335 e. The minimum Gasteiger partial charge on any atom is -0.478 e. The van der Waals surface area contributed by atoms with E-state index in [1.807, 2.05) is 18.3 Å². The maximum absolute atomic E-state index is 11.1. The van der Waals surface area contributed by atoms with Gasteiger partial charge >= 0.3 is 5.97 Å². The van der Waals surface area contributed by atoms with E-state index in [1.54, 1.807) is 18.3 Å². The molecule has 0 spiro atoms. The molecule has 0 fully saturated rings. The second-order valence-corrected chi connectivity index (χ2v) is 4.18. The molecule has 4 heteroatoms. The molecule has 2 rings (SSSR count). The van der Waals surface area contributed by atoms with Crippen molar-refractivity contribution in [1.29, 1.82) is 0 Å². The number of imidazole rings is 1. The van der Waals surface area contributed by atoms with E-state index in [0.717, 1.165) is 24.4 Å². The van der Waals surface area contributed by atoms with Crippen LogP contribution in [-0.4, -0.2) is 20.6 Å². The SMILES string of the molecule is CCCn1ccnc1Cc1ccccc1C(=O)O. The smallest absolute Gasteiger partial charge is 0.335 e. The summed E-state index contributed by atoms with van der Waals surface area (Å²) in [5.74, 6) is 0.0183. The van der Waals surface area contributed by atoms with Gasteiger partial charge in [-0.1, -0.05) is 25.1 Å². The van der Waals surface area contributed by atoms with E-state index < -0.39 is 5.97 Å². The molecule has 0 aliphatic rings. The molecule has 2 aromatic rings. The van der Waals surface area contributed by atoms with Gasteiger partial charge in [-0.05, 0) is 18.1 Å². The third-order valence-electron chi connectivity index (χ3n) is 2.86. The summed E-state index contributed by atoms with van der Waals surface area (Å²) >= 11 is 0. The average molecular weight is 244 g/mol. The summed E-state index contributed by atoms with van der Waals surface area (Å²) in [6.07, 6.45) is 5.27. The van der Waals surface area contributed by atoms with Crippen LogP contribution in [0.25, 0.3) is 0 Å². The van der Waals surface area contributed by atoms with Crippen molar-refractivity contribution in [3.63, 3.8) is 0 Å². The van der Waals surface area contributed by atoms with Crippen LogP contribution < -0.4 is 0 Å². The molecule has 0 saturated carbocycles. The average Bonchev–Trinajstić information content (AvgIpc) is 2.78. The van der Waals surface area contributed by atoms with E-state index in [9.17, 15) is 4.79 Å². The molecule has 0 atom stereocenters. The number of aromatic nitrogens is 2. The van der Waals surface area contributed by atoms with Crippen molar-refractivity contribution in [3.8, 4) is 0 Å². The van der Waals surface area contributed by atoms with Crippen molar-refractivity contribution in [3.05, 3.63) is 53.6 Å². The molecule has 0 saturated heterocycles. The van der Waals surface area contributed by atoms with Crippen LogP contribution in [-0.2, 0) is 13.0 Å². The van der Waals surface area contributed by atoms with Crippen LogP contribution >= 0.6 is 0 Å². The summed E-state index contributed by atoms with van der Waals surface area (Å²) < 4.78 is 2.07. The first-order valence-electron chi connectivity index (χ1n) is 6.03. The summed E-state index contributed by atoms with van der Waals surface area (Å²) in [5, 5.41) is 9.14. The van der Waals surface area contributed by atoms with E-state index in [2.05, 4.69) is 16.5 Å². The minimum absolute atomic E-state index is 0.351. The van der Waals surface area contributed by atoms with Crippen molar-refractivity contribution in [2.24, 2.45) is 0 Å². The zero-order valence-corrected chi connectivity index (χ0v) is 10.3. The van der Waals surface area contributed by atoms with Crippen LogP contribution in [0.5, 0.6) is 0 Å². The first-order valence-corrected chi connectivity index (χ1v) is 6.03. The standard InChI is InChI=1S/C14H16N2O2/c1-2-8-16-9-7-15-13(16)10-11-5-3-4-6-12(11)14(17)18/h3-7,9H,2,8,10H2,1H3,(H,17,18). The predicted molar refractivity (Wildman–Crippen MR) is 68.7 cm³/mol. The highest BCUT2D eigenvalue weighted by molar-refractivity contribution is 5.89. The van der Waals surface area contributed by atoms with Gasteiger partial charge in [0, 0.05) is 25.4 Å². The number of carboxylic acid groups (broad SMARTS) is 1. The van der Waals surface area contributed by atoms with Crippen LogP contribution in [0.2, 0.25) is 0 Å². The van der Waals surface area contributed by atoms with Crippen LogP contribution in [0.4, 0.5) is 0 Å². The number of carbonyl (C=O) groups is 1. The lowest BCUT2D eigenvalue weighted by Crippen LogP contribution is -2.07. The Kier molecular flexibility index (Phi) is 3.77. The van der Waals surface area contributed by atoms with Crippen molar-refractivity contribution < 1.29 is 9.90 Å². The van der Waals surface area contributed by atoms with Gasteiger partial charge in [-0.15, -0.1) is 0 Å². The van der Waals surface area contributed by atoms with Crippen molar-refractivity contribution in [2.45, 2.75) is 26.3 Å². The quantitative estimate of drug-likeness (QED) is 0.879. The fourth-order valence-electron chi connectivity index (χ4n) is 2.01. The first kappa shape index (κ1) is 12.4. The topological polar surface area (TPSA) is 55.1 Å².